The first kappa shape index (κ1) is 15.4. The summed E-state index contributed by atoms with van der Waals surface area (Å²) in [5.41, 5.74) is 1.22. The Bertz CT molecular complexity index is 533. The molecule has 0 spiro atoms. The number of carbonyl (C=O) groups excluding carboxylic acids is 2. The van der Waals surface area contributed by atoms with Gasteiger partial charge in [-0.25, -0.2) is 0 Å². The molecule has 114 valence electrons. The maximum absolute atomic E-state index is 12.2. The Labute approximate surface area is 124 Å². The Balaban J connectivity index is 1.89. The Hall–Kier alpha value is -2.04. The highest BCUT2D eigenvalue weighted by Crippen LogP contribution is 2.25. The third kappa shape index (κ3) is 3.74. The molecule has 0 aromatic heterocycles. The molecule has 0 radical (unpaired) electrons. The van der Waals surface area contributed by atoms with Crippen molar-refractivity contribution in [3.63, 3.8) is 0 Å². The molecule has 2 N–H and O–H groups in total. The van der Waals surface area contributed by atoms with Crippen LogP contribution in [0.25, 0.3) is 0 Å². The van der Waals surface area contributed by atoms with Crippen molar-refractivity contribution in [3.05, 3.63) is 29.3 Å². The first-order valence-corrected chi connectivity index (χ1v) is 7.19. The van der Waals surface area contributed by atoms with Gasteiger partial charge in [-0.15, -0.1) is 0 Å². The number of aromatic hydroxyl groups is 1. The smallest absolute Gasteiger partial charge is 0.308 e. The standard InChI is InChI=1S/C16H21NO4/c1-10-9-12(5-8-14(10)18)15(19)17-13-6-3-11(4-7-13)16(20)21-2/h5,8-9,11,13,18H,3-4,6-7H2,1-2H3,(H,17,19). The van der Waals surface area contributed by atoms with E-state index in [-0.39, 0.29) is 29.6 Å². The summed E-state index contributed by atoms with van der Waals surface area (Å²) in [6.07, 6.45) is 3.05. The number of hydrogen-bond acceptors (Lipinski definition) is 4. The van der Waals surface area contributed by atoms with E-state index in [2.05, 4.69) is 5.32 Å². The average molecular weight is 291 g/mol. The van der Waals surface area contributed by atoms with Crippen LogP contribution in [-0.4, -0.2) is 30.1 Å². The van der Waals surface area contributed by atoms with E-state index in [1.807, 2.05) is 0 Å². The number of hydrogen-bond donors (Lipinski definition) is 2. The van der Waals surface area contributed by atoms with E-state index in [1.165, 1.54) is 13.2 Å². The van der Waals surface area contributed by atoms with Gasteiger partial charge in [0.2, 0.25) is 0 Å². The van der Waals surface area contributed by atoms with Gasteiger partial charge >= 0.3 is 5.97 Å². The van der Waals surface area contributed by atoms with Crippen LogP contribution in [0.3, 0.4) is 0 Å². The largest absolute Gasteiger partial charge is 0.508 e. The van der Waals surface area contributed by atoms with Crippen LogP contribution in [0.4, 0.5) is 0 Å². The van der Waals surface area contributed by atoms with Crippen LogP contribution in [0.1, 0.15) is 41.6 Å². The van der Waals surface area contributed by atoms with E-state index in [0.717, 1.165) is 25.7 Å². The molecule has 1 aromatic rings. The van der Waals surface area contributed by atoms with E-state index in [1.54, 1.807) is 19.1 Å². The molecule has 5 nitrogen and oxygen atoms in total. The number of nitrogens with one attached hydrogen (secondary N) is 1. The fourth-order valence-electron chi connectivity index (χ4n) is 2.71. The molecule has 1 aliphatic carbocycles. The van der Waals surface area contributed by atoms with Gasteiger partial charge in [-0.3, -0.25) is 9.59 Å². The van der Waals surface area contributed by atoms with Crippen LogP contribution in [0.5, 0.6) is 5.75 Å². The van der Waals surface area contributed by atoms with E-state index in [0.29, 0.717) is 11.1 Å². The van der Waals surface area contributed by atoms with Gasteiger partial charge in [0.15, 0.2) is 0 Å². The van der Waals surface area contributed by atoms with Gasteiger partial charge in [0.1, 0.15) is 5.75 Å². The molecule has 2 rings (SSSR count). The highest BCUT2D eigenvalue weighted by atomic mass is 16.5. The molecule has 0 heterocycles. The molecule has 21 heavy (non-hydrogen) atoms. The summed E-state index contributed by atoms with van der Waals surface area (Å²) in [6.45, 7) is 1.76. The highest BCUT2D eigenvalue weighted by molar-refractivity contribution is 5.94. The zero-order valence-electron chi connectivity index (χ0n) is 12.4. The van der Waals surface area contributed by atoms with Crippen molar-refractivity contribution in [2.24, 2.45) is 5.92 Å². The van der Waals surface area contributed by atoms with Gasteiger partial charge < -0.3 is 15.2 Å². The van der Waals surface area contributed by atoms with Crippen LogP contribution >= 0.6 is 0 Å². The second-order valence-electron chi connectivity index (χ2n) is 5.55. The molecular formula is C16H21NO4. The summed E-state index contributed by atoms with van der Waals surface area (Å²) in [5, 5.41) is 12.5. The number of rotatable bonds is 3. The minimum atomic E-state index is -0.158. The highest BCUT2D eigenvalue weighted by Gasteiger charge is 2.27. The van der Waals surface area contributed by atoms with Gasteiger partial charge in [-0.05, 0) is 56.4 Å². The minimum Gasteiger partial charge on any atom is -0.508 e. The van der Waals surface area contributed by atoms with Crippen molar-refractivity contribution >= 4 is 11.9 Å². The van der Waals surface area contributed by atoms with Crippen molar-refractivity contribution in [1.82, 2.24) is 5.32 Å². The number of benzene rings is 1. The lowest BCUT2D eigenvalue weighted by Gasteiger charge is -2.27. The fraction of sp³-hybridized carbons (Fsp3) is 0.500. The zero-order chi connectivity index (χ0) is 15.4. The number of carbonyl (C=O) groups is 2. The third-order valence-corrected chi connectivity index (χ3v) is 4.06. The molecule has 0 bridgehead atoms. The number of phenols is 1. The van der Waals surface area contributed by atoms with Gasteiger partial charge in [0.05, 0.1) is 13.0 Å². The lowest BCUT2D eigenvalue weighted by atomic mass is 9.86. The summed E-state index contributed by atoms with van der Waals surface area (Å²) >= 11 is 0. The summed E-state index contributed by atoms with van der Waals surface area (Å²) in [4.78, 5) is 23.6. The zero-order valence-corrected chi connectivity index (χ0v) is 12.4. The predicted octanol–water partition coefficient (Wildman–Crippen LogP) is 2.16. The van der Waals surface area contributed by atoms with E-state index < -0.39 is 0 Å². The van der Waals surface area contributed by atoms with E-state index >= 15 is 0 Å². The van der Waals surface area contributed by atoms with Crippen LogP contribution in [0, 0.1) is 12.8 Å². The number of esters is 1. The SMILES string of the molecule is COC(=O)C1CCC(NC(=O)c2ccc(O)c(C)c2)CC1. The molecule has 0 saturated heterocycles. The number of amides is 1. The summed E-state index contributed by atoms with van der Waals surface area (Å²) in [6, 6.07) is 4.90. The maximum atomic E-state index is 12.2. The topological polar surface area (TPSA) is 75.6 Å². The number of methoxy groups -OCH3 is 1. The molecule has 1 saturated carbocycles. The third-order valence-electron chi connectivity index (χ3n) is 4.06. The van der Waals surface area contributed by atoms with Crippen molar-refractivity contribution in [2.75, 3.05) is 7.11 Å². The molecular weight excluding hydrogens is 270 g/mol. The molecule has 1 aliphatic rings. The van der Waals surface area contributed by atoms with E-state index in [9.17, 15) is 14.7 Å². The predicted molar refractivity (Wildman–Crippen MR) is 78.1 cm³/mol. The van der Waals surface area contributed by atoms with Crippen molar-refractivity contribution in [2.45, 2.75) is 38.6 Å². The van der Waals surface area contributed by atoms with Gasteiger partial charge in [-0.1, -0.05) is 0 Å². The number of aryl methyl sites for hydroxylation is 1. The summed E-state index contributed by atoms with van der Waals surface area (Å²) in [7, 11) is 1.41. The molecule has 1 aromatic carbocycles. The average Bonchev–Trinajstić information content (AvgIpc) is 2.50. The lowest BCUT2D eigenvalue weighted by molar-refractivity contribution is -0.146. The quantitative estimate of drug-likeness (QED) is 0.837. The van der Waals surface area contributed by atoms with Crippen molar-refractivity contribution in [1.29, 1.82) is 0 Å². The van der Waals surface area contributed by atoms with Crippen LogP contribution in [-0.2, 0) is 9.53 Å². The number of phenolic OH excluding ortho intramolecular Hbond substituents is 1. The molecule has 0 unspecified atom stereocenters. The van der Waals surface area contributed by atoms with E-state index in [4.69, 9.17) is 4.74 Å². The fourth-order valence-corrected chi connectivity index (χ4v) is 2.71. The number of ether oxygens (including phenoxy) is 1. The first-order valence-electron chi connectivity index (χ1n) is 7.19. The lowest BCUT2D eigenvalue weighted by Crippen LogP contribution is -2.38. The Kier molecular flexibility index (Phi) is 4.83. The molecule has 1 fully saturated rings. The van der Waals surface area contributed by atoms with Crippen LogP contribution in [0.2, 0.25) is 0 Å². The Morgan fingerprint density at radius 2 is 1.90 bits per heavy atom. The van der Waals surface area contributed by atoms with Crippen LogP contribution < -0.4 is 5.32 Å². The van der Waals surface area contributed by atoms with Gasteiger partial charge in [-0.2, -0.15) is 0 Å². The van der Waals surface area contributed by atoms with Crippen molar-refractivity contribution in [3.8, 4) is 5.75 Å². The van der Waals surface area contributed by atoms with Crippen molar-refractivity contribution < 1.29 is 19.4 Å². The van der Waals surface area contributed by atoms with Gasteiger partial charge in [0, 0.05) is 11.6 Å². The van der Waals surface area contributed by atoms with Gasteiger partial charge in [0.25, 0.3) is 5.91 Å². The normalized spacial score (nSPS) is 21.6. The molecule has 0 atom stereocenters. The minimum absolute atomic E-state index is 0.0425. The Morgan fingerprint density at radius 1 is 1.24 bits per heavy atom. The maximum Gasteiger partial charge on any atom is 0.308 e. The summed E-state index contributed by atoms with van der Waals surface area (Å²) < 4.78 is 4.75. The second kappa shape index (κ2) is 6.61. The van der Waals surface area contributed by atoms with Crippen LogP contribution in [0.15, 0.2) is 18.2 Å². The molecule has 1 amide bonds. The molecule has 5 heteroatoms. The Morgan fingerprint density at radius 3 is 2.48 bits per heavy atom. The first-order chi connectivity index (χ1) is 10.0. The second-order valence-corrected chi connectivity index (χ2v) is 5.55. The monoisotopic (exact) mass is 291 g/mol. The summed E-state index contributed by atoms with van der Waals surface area (Å²) in [5.74, 6) is -0.155. The molecule has 0 aliphatic heterocycles.